The highest BCUT2D eigenvalue weighted by atomic mass is 35.5. The largest absolute Gasteiger partial charge is 0.439 e. The van der Waals surface area contributed by atoms with Crippen LogP contribution >= 0.6 is 11.6 Å². The zero-order valence-corrected chi connectivity index (χ0v) is 17.8. The number of imidazole rings is 1. The van der Waals surface area contributed by atoms with Crippen LogP contribution in [0.2, 0.25) is 5.02 Å². The molecule has 0 radical (unpaired) electrons. The summed E-state index contributed by atoms with van der Waals surface area (Å²) in [4.78, 5) is 4.04. The molecule has 0 spiro atoms. The minimum absolute atomic E-state index is 0.249. The standard InChI is InChI=1S/C23H25ClN2O5/c1-26-13-25-11-22(26)30-17-5-2-14(3-6-17)8-16-9-15(4-7-18(16)24)20-10-19(28)23(29)21(12-27)31-20/h2-7,9,11,13,19-21,23,27-29H,8,10,12H2,1H3/t19-,20-,21-,23+/m1/s1. The number of hydrogen-bond donors (Lipinski definition) is 3. The zero-order valence-electron chi connectivity index (χ0n) is 17.1. The van der Waals surface area contributed by atoms with Gasteiger partial charge < -0.3 is 29.4 Å². The van der Waals surface area contributed by atoms with Crippen molar-refractivity contribution in [2.45, 2.75) is 37.3 Å². The van der Waals surface area contributed by atoms with Gasteiger partial charge in [0.1, 0.15) is 18.0 Å². The van der Waals surface area contributed by atoms with Crippen molar-refractivity contribution in [3.63, 3.8) is 0 Å². The molecule has 4 atom stereocenters. The lowest BCUT2D eigenvalue weighted by atomic mass is 9.92. The first kappa shape index (κ1) is 21.8. The van der Waals surface area contributed by atoms with E-state index in [9.17, 15) is 15.3 Å². The summed E-state index contributed by atoms with van der Waals surface area (Å²) < 4.78 is 13.4. The fourth-order valence-corrected chi connectivity index (χ4v) is 3.89. The van der Waals surface area contributed by atoms with E-state index in [0.717, 1.165) is 16.7 Å². The van der Waals surface area contributed by atoms with Crippen LogP contribution in [0.25, 0.3) is 0 Å². The molecule has 31 heavy (non-hydrogen) atoms. The molecule has 8 heteroatoms. The smallest absolute Gasteiger partial charge is 0.219 e. The summed E-state index contributed by atoms with van der Waals surface area (Å²) >= 11 is 6.43. The van der Waals surface area contributed by atoms with Crippen molar-refractivity contribution < 1.29 is 24.8 Å². The van der Waals surface area contributed by atoms with Crippen LogP contribution in [0.15, 0.2) is 55.0 Å². The SMILES string of the molecule is Cn1cncc1Oc1ccc(Cc2cc([C@H]3C[C@@H](O)[C@H](O)[C@@H](CO)O3)ccc2Cl)cc1. The summed E-state index contributed by atoms with van der Waals surface area (Å²) in [6.07, 6.45) is 0.892. The normalized spacial score (nSPS) is 23.6. The molecule has 1 aliphatic rings. The topological polar surface area (TPSA) is 97.0 Å². The van der Waals surface area contributed by atoms with E-state index in [4.69, 9.17) is 21.1 Å². The Hall–Kier alpha value is -2.42. The van der Waals surface area contributed by atoms with Crippen molar-refractivity contribution in [3.8, 4) is 11.6 Å². The Morgan fingerprint density at radius 1 is 1.19 bits per heavy atom. The van der Waals surface area contributed by atoms with Gasteiger partial charge in [-0.3, -0.25) is 0 Å². The number of nitrogens with zero attached hydrogens (tertiary/aromatic N) is 2. The van der Waals surface area contributed by atoms with Crippen molar-refractivity contribution in [3.05, 3.63) is 76.7 Å². The Kier molecular flexibility index (Phi) is 6.60. The third-order valence-electron chi connectivity index (χ3n) is 5.50. The highest BCUT2D eigenvalue weighted by Gasteiger charge is 2.37. The van der Waals surface area contributed by atoms with Gasteiger partial charge in [0.2, 0.25) is 5.88 Å². The fraction of sp³-hybridized carbons (Fsp3) is 0.348. The Balaban J connectivity index is 1.48. The van der Waals surface area contributed by atoms with Crippen LogP contribution in [0.3, 0.4) is 0 Å². The molecule has 0 unspecified atom stereocenters. The Labute approximate surface area is 185 Å². The van der Waals surface area contributed by atoms with E-state index >= 15 is 0 Å². The predicted octanol–water partition coefficient (Wildman–Crippen LogP) is 3.00. The predicted molar refractivity (Wildman–Crippen MR) is 115 cm³/mol. The van der Waals surface area contributed by atoms with E-state index < -0.39 is 24.4 Å². The van der Waals surface area contributed by atoms with Gasteiger partial charge in [-0.25, -0.2) is 4.98 Å². The molecule has 0 saturated carbocycles. The third kappa shape index (κ3) is 4.92. The number of benzene rings is 2. The molecule has 4 rings (SSSR count). The average Bonchev–Trinajstić information content (AvgIpc) is 3.17. The van der Waals surface area contributed by atoms with Gasteiger partial charge >= 0.3 is 0 Å². The number of hydrogen-bond acceptors (Lipinski definition) is 6. The average molecular weight is 445 g/mol. The van der Waals surface area contributed by atoms with Gasteiger partial charge in [0.25, 0.3) is 0 Å². The fourth-order valence-electron chi connectivity index (χ4n) is 3.71. The molecule has 0 amide bonds. The minimum Gasteiger partial charge on any atom is -0.439 e. The summed E-state index contributed by atoms with van der Waals surface area (Å²) in [6.45, 7) is -0.359. The Morgan fingerprint density at radius 3 is 2.65 bits per heavy atom. The Bertz CT molecular complexity index is 1020. The number of halogens is 1. The molecule has 3 aromatic rings. The molecule has 1 fully saturated rings. The summed E-state index contributed by atoms with van der Waals surface area (Å²) in [5.41, 5.74) is 2.83. The number of ether oxygens (including phenoxy) is 2. The van der Waals surface area contributed by atoms with Crippen molar-refractivity contribution in [2.75, 3.05) is 6.61 Å². The van der Waals surface area contributed by atoms with Crippen molar-refractivity contribution in [1.82, 2.24) is 9.55 Å². The number of aliphatic hydroxyl groups is 3. The van der Waals surface area contributed by atoms with Gasteiger partial charge in [-0.15, -0.1) is 0 Å². The zero-order chi connectivity index (χ0) is 22.0. The highest BCUT2D eigenvalue weighted by Crippen LogP contribution is 2.34. The van der Waals surface area contributed by atoms with E-state index in [1.807, 2.05) is 43.4 Å². The molecule has 0 bridgehead atoms. The maximum Gasteiger partial charge on any atom is 0.219 e. The van der Waals surface area contributed by atoms with Gasteiger partial charge in [0.05, 0.1) is 31.3 Å². The number of rotatable bonds is 6. The molecule has 1 aliphatic heterocycles. The van der Waals surface area contributed by atoms with Crippen LogP contribution in [-0.2, 0) is 18.2 Å². The second-order valence-corrected chi connectivity index (χ2v) is 8.16. The number of aryl methyl sites for hydroxylation is 1. The van der Waals surface area contributed by atoms with Crippen LogP contribution in [0.5, 0.6) is 11.6 Å². The lowest BCUT2D eigenvalue weighted by Crippen LogP contribution is -2.47. The molecular weight excluding hydrogens is 420 g/mol. The van der Waals surface area contributed by atoms with Crippen molar-refractivity contribution >= 4 is 11.6 Å². The molecule has 7 nitrogen and oxygen atoms in total. The minimum atomic E-state index is -1.10. The van der Waals surface area contributed by atoms with Crippen LogP contribution in [0.4, 0.5) is 0 Å². The molecule has 2 heterocycles. The van der Waals surface area contributed by atoms with Crippen molar-refractivity contribution in [1.29, 1.82) is 0 Å². The van der Waals surface area contributed by atoms with E-state index in [1.54, 1.807) is 23.2 Å². The molecule has 0 aliphatic carbocycles. The molecule has 164 valence electrons. The van der Waals surface area contributed by atoms with Crippen molar-refractivity contribution in [2.24, 2.45) is 7.05 Å². The van der Waals surface area contributed by atoms with E-state index in [0.29, 0.717) is 23.1 Å². The molecule has 1 aromatic heterocycles. The second kappa shape index (κ2) is 9.38. The summed E-state index contributed by atoms with van der Waals surface area (Å²) in [6, 6.07) is 13.4. The van der Waals surface area contributed by atoms with Gasteiger partial charge in [0, 0.05) is 18.5 Å². The maximum absolute atomic E-state index is 10.1. The molecule has 1 saturated heterocycles. The first-order chi connectivity index (χ1) is 14.9. The lowest BCUT2D eigenvalue weighted by Gasteiger charge is -2.36. The summed E-state index contributed by atoms with van der Waals surface area (Å²) in [5, 5.41) is 30.1. The third-order valence-corrected chi connectivity index (χ3v) is 5.87. The van der Waals surface area contributed by atoms with Gasteiger partial charge in [-0.05, 0) is 41.3 Å². The Morgan fingerprint density at radius 2 is 1.97 bits per heavy atom. The molecule has 2 aromatic carbocycles. The highest BCUT2D eigenvalue weighted by molar-refractivity contribution is 6.31. The first-order valence-electron chi connectivity index (χ1n) is 10.1. The van der Waals surface area contributed by atoms with Crippen LogP contribution < -0.4 is 4.74 Å². The summed E-state index contributed by atoms with van der Waals surface area (Å²) in [7, 11) is 1.87. The lowest BCUT2D eigenvalue weighted by molar-refractivity contribution is -0.181. The quantitative estimate of drug-likeness (QED) is 0.540. The van der Waals surface area contributed by atoms with Gasteiger partial charge in [-0.1, -0.05) is 35.9 Å². The maximum atomic E-state index is 10.1. The van der Waals surface area contributed by atoms with E-state index in [1.165, 1.54) is 0 Å². The van der Waals surface area contributed by atoms with Gasteiger partial charge in [0.15, 0.2) is 0 Å². The van der Waals surface area contributed by atoms with Gasteiger partial charge in [-0.2, -0.15) is 0 Å². The molecular formula is C23H25ClN2O5. The second-order valence-electron chi connectivity index (χ2n) is 7.76. The number of aliphatic hydroxyl groups excluding tert-OH is 3. The van der Waals surface area contributed by atoms with E-state index in [2.05, 4.69) is 4.98 Å². The van der Waals surface area contributed by atoms with Crippen LogP contribution in [0.1, 0.15) is 29.2 Å². The van der Waals surface area contributed by atoms with E-state index in [-0.39, 0.29) is 13.0 Å². The van der Waals surface area contributed by atoms with Crippen LogP contribution in [-0.4, -0.2) is 49.8 Å². The van der Waals surface area contributed by atoms with Crippen LogP contribution in [0, 0.1) is 0 Å². The molecule has 3 N–H and O–H groups in total. The summed E-state index contributed by atoms with van der Waals surface area (Å²) in [5.74, 6) is 1.37. The number of aromatic nitrogens is 2. The first-order valence-corrected chi connectivity index (χ1v) is 10.5. The monoisotopic (exact) mass is 444 g/mol.